The summed E-state index contributed by atoms with van der Waals surface area (Å²) in [5, 5.41) is 0. The highest BCUT2D eigenvalue weighted by Crippen LogP contribution is 2.39. The van der Waals surface area contributed by atoms with Crippen LogP contribution < -0.4 is 14.2 Å². The molecule has 0 radical (unpaired) electrons. The van der Waals surface area contributed by atoms with Crippen molar-refractivity contribution in [1.29, 1.82) is 0 Å². The standard InChI is InChI=1S/C36H34N2O6S/c1-42-33-22-29-18-19-30(44-32(29)23-34(33)43-26-28-14-6-3-7-15-28)25-37(24-27-12-4-2-5-13-27)20-10-11-21-38-36(39)31-16-8-9-17-35(31)45(38,40)41/h2-9,12-17,22-23,30H,18-21,24-26H2,1H3. The monoisotopic (exact) mass is 622 g/mol. The maximum Gasteiger partial charge on any atom is 0.269 e. The Hall–Kier alpha value is -4.78. The maximum absolute atomic E-state index is 12.9. The highest BCUT2D eigenvalue weighted by atomic mass is 32.2. The molecule has 0 N–H and O–H groups in total. The van der Waals surface area contributed by atoms with Crippen molar-refractivity contribution >= 4 is 15.9 Å². The molecule has 0 bridgehead atoms. The number of rotatable bonds is 10. The van der Waals surface area contributed by atoms with Gasteiger partial charge in [-0.3, -0.25) is 9.69 Å². The normalized spacial score (nSPS) is 16.3. The summed E-state index contributed by atoms with van der Waals surface area (Å²) in [6.07, 6.45) is 1.56. The molecule has 1 unspecified atom stereocenters. The summed E-state index contributed by atoms with van der Waals surface area (Å²) >= 11 is 0. The van der Waals surface area contributed by atoms with Gasteiger partial charge in [-0.15, -0.1) is 0 Å². The van der Waals surface area contributed by atoms with Crippen LogP contribution in [0, 0.1) is 11.8 Å². The molecule has 0 aliphatic carbocycles. The molecule has 4 aromatic carbocycles. The Morgan fingerprint density at radius 1 is 0.911 bits per heavy atom. The van der Waals surface area contributed by atoms with E-state index in [0.717, 1.165) is 39.6 Å². The van der Waals surface area contributed by atoms with Crippen molar-refractivity contribution in [3.63, 3.8) is 0 Å². The van der Waals surface area contributed by atoms with Crippen LogP contribution in [0.15, 0.2) is 102 Å². The Morgan fingerprint density at radius 2 is 1.62 bits per heavy atom. The topological polar surface area (TPSA) is 85.4 Å². The average Bonchev–Trinajstić information content (AvgIpc) is 3.26. The van der Waals surface area contributed by atoms with Crippen molar-refractivity contribution in [2.75, 3.05) is 26.7 Å². The van der Waals surface area contributed by atoms with E-state index in [1.54, 1.807) is 19.2 Å². The third-order valence-electron chi connectivity index (χ3n) is 7.89. The lowest BCUT2D eigenvalue weighted by Crippen LogP contribution is -2.37. The van der Waals surface area contributed by atoms with Gasteiger partial charge in [0.1, 0.15) is 23.4 Å². The summed E-state index contributed by atoms with van der Waals surface area (Å²) < 4.78 is 44.9. The van der Waals surface area contributed by atoms with Crippen LogP contribution in [-0.4, -0.2) is 56.4 Å². The van der Waals surface area contributed by atoms with Gasteiger partial charge in [0, 0.05) is 19.2 Å². The van der Waals surface area contributed by atoms with Crippen molar-refractivity contribution < 1.29 is 27.4 Å². The molecular formula is C36H34N2O6S. The van der Waals surface area contributed by atoms with E-state index in [1.807, 2.05) is 60.7 Å². The van der Waals surface area contributed by atoms with Gasteiger partial charge in [0.25, 0.3) is 15.9 Å². The Kier molecular flexibility index (Phi) is 9.06. The molecule has 0 aromatic heterocycles. The molecule has 0 spiro atoms. The van der Waals surface area contributed by atoms with Gasteiger partial charge < -0.3 is 14.2 Å². The Morgan fingerprint density at radius 3 is 2.36 bits per heavy atom. The highest BCUT2D eigenvalue weighted by molar-refractivity contribution is 7.90. The first kappa shape index (κ1) is 30.3. The largest absolute Gasteiger partial charge is 0.493 e. The van der Waals surface area contributed by atoms with Crippen molar-refractivity contribution in [2.45, 2.75) is 37.0 Å². The average molecular weight is 623 g/mol. The molecular weight excluding hydrogens is 588 g/mol. The van der Waals surface area contributed by atoms with Crippen LogP contribution in [0.4, 0.5) is 0 Å². The smallest absolute Gasteiger partial charge is 0.269 e. The molecule has 45 heavy (non-hydrogen) atoms. The van der Waals surface area contributed by atoms with E-state index in [4.69, 9.17) is 14.2 Å². The van der Waals surface area contributed by atoms with E-state index in [9.17, 15) is 13.2 Å². The fourth-order valence-electron chi connectivity index (χ4n) is 5.58. The SMILES string of the molecule is COc1cc2c(cc1OCc1ccccc1)OC(CN(CC#CCN1C(=O)c3ccccc3S1(=O)=O)Cc1ccccc1)CC2. The molecule has 2 aliphatic heterocycles. The maximum atomic E-state index is 12.9. The predicted octanol–water partition coefficient (Wildman–Crippen LogP) is 5.32. The third-order valence-corrected chi connectivity index (χ3v) is 9.67. The first-order chi connectivity index (χ1) is 21.9. The Balaban J connectivity index is 1.14. The zero-order chi connectivity index (χ0) is 31.2. The third kappa shape index (κ3) is 6.83. The zero-order valence-electron chi connectivity index (χ0n) is 25.0. The van der Waals surface area contributed by atoms with Crippen molar-refractivity contribution in [2.24, 2.45) is 0 Å². The minimum absolute atomic E-state index is 0.0310. The van der Waals surface area contributed by atoms with Gasteiger partial charge in [-0.05, 0) is 47.7 Å². The van der Waals surface area contributed by atoms with Crippen LogP contribution in [0.25, 0.3) is 0 Å². The van der Waals surface area contributed by atoms with Crippen LogP contribution in [-0.2, 0) is 29.6 Å². The molecule has 2 heterocycles. The van der Waals surface area contributed by atoms with Crippen molar-refractivity contribution in [3.05, 3.63) is 119 Å². The molecule has 6 rings (SSSR count). The number of benzene rings is 4. The van der Waals surface area contributed by atoms with Gasteiger partial charge in [0.15, 0.2) is 11.5 Å². The Labute approximate surface area is 264 Å². The minimum atomic E-state index is -3.90. The Bertz CT molecular complexity index is 1830. The quantitative estimate of drug-likeness (QED) is 0.222. The molecule has 1 amide bonds. The second-order valence-corrected chi connectivity index (χ2v) is 12.8. The summed E-state index contributed by atoms with van der Waals surface area (Å²) in [6, 6.07) is 30.2. The zero-order valence-corrected chi connectivity index (χ0v) is 25.8. The number of methoxy groups -OCH3 is 1. The fourth-order valence-corrected chi connectivity index (χ4v) is 7.05. The molecule has 0 fully saturated rings. The van der Waals surface area contributed by atoms with Crippen LogP contribution in [0.2, 0.25) is 0 Å². The fraction of sp³-hybridized carbons (Fsp3) is 0.250. The van der Waals surface area contributed by atoms with Gasteiger partial charge >= 0.3 is 0 Å². The molecule has 0 saturated carbocycles. The molecule has 2 aliphatic rings. The van der Waals surface area contributed by atoms with E-state index in [-0.39, 0.29) is 23.1 Å². The predicted molar refractivity (Wildman–Crippen MR) is 171 cm³/mol. The van der Waals surface area contributed by atoms with Crippen LogP contribution in [0.1, 0.15) is 33.5 Å². The van der Waals surface area contributed by atoms with Gasteiger partial charge in [-0.2, -0.15) is 0 Å². The second kappa shape index (κ2) is 13.5. The van der Waals surface area contributed by atoms with E-state index in [1.165, 1.54) is 12.1 Å². The van der Waals surface area contributed by atoms with Gasteiger partial charge in [0.05, 0.1) is 25.8 Å². The number of ether oxygens (including phenoxy) is 3. The molecule has 0 saturated heterocycles. The van der Waals surface area contributed by atoms with Crippen molar-refractivity contribution in [1.82, 2.24) is 9.21 Å². The molecule has 9 heteroatoms. The first-order valence-electron chi connectivity index (χ1n) is 14.8. The van der Waals surface area contributed by atoms with E-state index >= 15 is 0 Å². The molecule has 4 aromatic rings. The first-order valence-corrected chi connectivity index (χ1v) is 16.3. The van der Waals surface area contributed by atoms with Crippen molar-refractivity contribution in [3.8, 4) is 29.1 Å². The minimum Gasteiger partial charge on any atom is -0.493 e. The molecule has 1 atom stereocenters. The van der Waals surface area contributed by atoms with Gasteiger partial charge in [-0.1, -0.05) is 84.6 Å². The number of fused-ring (bicyclic) bond motifs is 2. The summed E-state index contributed by atoms with van der Waals surface area (Å²) in [4.78, 5) is 15.0. The number of nitrogens with zero attached hydrogens (tertiary/aromatic N) is 2. The summed E-state index contributed by atoms with van der Waals surface area (Å²) in [7, 11) is -2.26. The van der Waals surface area contributed by atoms with E-state index < -0.39 is 15.9 Å². The highest BCUT2D eigenvalue weighted by Gasteiger charge is 2.40. The molecule has 8 nitrogen and oxygen atoms in total. The van der Waals surface area contributed by atoms with Gasteiger partial charge in [-0.25, -0.2) is 12.7 Å². The number of carbonyl (C=O) groups is 1. The summed E-state index contributed by atoms with van der Waals surface area (Å²) in [5.41, 5.74) is 3.45. The number of hydrogen-bond acceptors (Lipinski definition) is 7. The van der Waals surface area contributed by atoms with Crippen LogP contribution in [0.5, 0.6) is 17.2 Å². The summed E-state index contributed by atoms with van der Waals surface area (Å²) in [6.45, 7) is 1.85. The lowest BCUT2D eigenvalue weighted by atomic mass is 10.0. The van der Waals surface area contributed by atoms with E-state index in [0.29, 0.717) is 37.7 Å². The number of carbonyl (C=O) groups excluding carboxylic acids is 1. The lowest BCUT2D eigenvalue weighted by Gasteiger charge is -2.31. The van der Waals surface area contributed by atoms with Gasteiger partial charge in [0.2, 0.25) is 0 Å². The lowest BCUT2D eigenvalue weighted by molar-refractivity contribution is 0.0882. The van der Waals surface area contributed by atoms with Crippen LogP contribution in [0.3, 0.4) is 0 Å². The summed E-state index contributed by atoms with van der Waals surface area (Å²) in [5.74, 6) is 7.57. The van der Waals surface area contributed by atoms with Crippen LogP contribution >= 0.6 is 0 Å². The number of aryl methyl sites for hydroxylation is 1. The number of sulfonamides is 1. The molecule has 230 valence electrons. The second-order valence-electron chi connectivity index (χ2n) is 11.0. The van der Waals surface area contributed by atoms with E-state index in [2.05, 4.69) is 28.9 Å². The number of amides is 1. The number of hydrogen-bond donors (Lipinski definition) is 0.